The average Bonchev–Trinajstić information content (AvgIpc) is 3.23. The fraction of sp³-hybridized carbons (Fsp3) is 0.364. The van der Waals surface area contributed by atoms with Crippen molar-refractivity contribution in [3.63, 3.8) is 0 Å². The van der Waals surface area contributed by atoms with E-state index in [-0.39, 0.29) is 24.4 Å². The van der Waals surface area contributed by atoms with Crippen molar-refractivity contribution in [3.05, 3.63) is 95.3 Å². The van der Waals surface area contributed by atoms with Crippen molar-refractivity contribution in [1.29, 1.82) is 0 Å². The van der Waals surface area contributed by atoms with Crippen LogP contribution in [0.4, 0.5) is 10.5 Å². The first-order chi connectivity index (χ1) is 18.9. The van der Waals surface area contributed by atoms with Crippen LogP contribution < -0.4 is 5.32 Å². The third-order valence-electron chi connectivity index (χ3n) is 6.41. The molecule has 7 nitrogen and oxygen atoms in total. The Kier molecular flexibility index (Phi) is 8.62. The largest absolute Gasteiger partial charge is 0.461 e. The van der Waals surface area contributed by atoms with E-state index in [1.165, 1.54) is 0 Å². The first-order valence-electron chi connectivity index (χ1n) is 13.7. The highest BCUT2D eigenvalue weighted by Gasteiger charge is 2.26. The van der Waals surface area contributed by atoms with Crippen LogP contribution in [0, 0.1) is 0 Å². The Hall–Kier alpha value is -4.13. The number of carbonyl (C=O) groups is 2. The molecular weight excluding hydrogens is 502 g/mol. The van der Waals surface area contributed by atoms with Crippen LogP contribution in [0.5, 0.6) is 0 Å². The Balaban J connectivity index is 1.70. The minimum atomic E-state index is -0.641. The van der Waals surface area contributed by atoms with E-state index in [1.807, 2.05) is 81.4 Å². The van der Waals surface area contributed by atoms with Crippen molar-refractivity contribution in [2.45, 2.75) is 78.6 Å². The number of anilines is 1. The van der Waals surface area contributed by atoms with Gasteiger partial charge in [-0.05, 0) is 48.9 Å². The van der Waals surface area contributed by atoms with Crippen LogP contribution in [0.2, 0.25) is 0 Å². The second kappa shape index (κ2) is 11.9. The molecule has 1 aromatic heterocycles. The number of imidazole rings is 1. The third-order valence-corrected chi connectivity index (χ3v) is 6.41. The third kappa shape index (κ3) is 7.50. The highest BCUT2D eigenvalue weighted by Crippen LogP contribution is 2.36. The SMILES string of the molecule is CC(C)(C)OC(=O)Nc1c(C(C)(C)C)ccc2c1nc(CCC(=O)OCc1ccccc1)n2Cc1ccccc1. The molecule has 0 atom stereocenters. The van der Waals surface area contributed by atoms with E-state index in [0.717, 1.165) is 28.0 Å². The number of nitrogens with one attached hydrogen (secondary N) is 1. The first-order valence-corrected chi connectivity index (χ1v) is 13.7. The predicted molar refractivity (Wildman–Crippen MR) is 158 cm³/mol. The van der Waals surface area contributed by atoms with Crippen molar-refractivity contribution in [3.8, 4) is 0 Å². The molecule has 210 valence electrons. The Morgan fingerprint density at radius 1 is 0.850 bits per heavy atom. The summed E-state index contributed by atoms with van der Waals surface area (Å²) in [5.74, 6) is 0.457. The lowest BCUT2D eigenvalue weighted by molar-refractivity contribution is -0.144. The molecule has 7 heteroatoms. The van der Waals surface area contributed by atoms with Gasteiger partial charge in [0.1, 0.15) is 23.5 Å². The normalized spacial score (nSPS) is 11.8. The lowest BCUT2D eigenvalue weighted by Gasteiger charge is -2.25. The van der Waals surface area contributed by atoms with E-state index in [1.54, 1.807) is 0 Å². The number of nitrogens with zero attached hydrogens (tertiary/aromatic N) is 2. The van der Waals surface area contributed by atoms with E-state index in [2.05, 4.69) is 42.8 Å². The van der Waals surface area contributed by atoms with Crippen molar-refractivity contribution in [2.24, 2.45) is 0 Å². The maximum absolute atomic E-state index is 12.9. The summed E-state index contributed by atoms with van der Waals surface area (Å²) in [6.07, 6.45) is 0.0479. The Labute approximate surface area is 236 Å². The number of fused-ring (bicyclic) bond motifs is 1. The monoisotopic (exact) mass is 541 g/mol. The van der Waals surface area contributed by atoms with E-state index >= 15 is 0 Å². The zero-order chi connectivity index (χ0) is 28.9. The summed E-state index contributed by atoms with van der Waals surface area (Å²) in [4.78, 5) is 30.6. The quantitative estimate of drug-likeness (QED) is 0.235. The van der Waals surface area contributed by atoms with Crippen LogP contribution >= 0.6 is 0 Å². The number of aromatic nitrogens is 2. The lowest BCUT2D eigenvalue weighted by atomic mass is 9.85. The van der Waals surface area contributed by atoms with Gasteiger partial charge in [-0.15, -0.1) is 0 Å². The number of ether oxygens (including phenoxy) is 2. The number of esters is 1. The zero-order valence-corrected chi connectivity index (χ0v) is 24.3. The second-order valence-corrected chi connectivity index (χ2v) is 12.0. The Morgan fingerprint density at radius 3 is 2.08 bits per heavy atom. The number of hydrogen-bond acceptors (Lipinski definition) is 5. The van der Waals surface area contributed by atoms with Gasteiger partial charge in [-0.25, -0.2) is 9.78 Å². The lowest BCUT2D eigenvalue weighted by Crippen LogP contribution is -2.28. The van der Waals surface area contributed by atoms with Crippen LogP contribution in [0.15, 0.2) is 72.8 Å². The average molecular weight is 542 g/mol. The van der Waals surface area contributed by atoms with Gasteiger partial charge in [-0.2, -0.15) is 0 Å². The summed E-state index contributed by atoms with van der Waals surface area (Å²) >= 11 is 0. The summed E-state index contributed by atoms with van der Waals surface area (Å²) in [6, 6.07) is 23.8. The van der Waals surface area contributed by atoms with Gasteiger partial charge in [0.2, 0.25) is 0 Å². The van der Waals surface area contributed by atoms with Crippen molar-refractivity contribution >= 4 is 28.8 Å². The zero-order valence-electron chi connectivity index (χ0n) is 24.3. The number of rotatable bonds is 8. The van der Waals surface area contributed by atoms with Crippen LogP contribution in [0.25, 0.3) is 11.0 Å². The topological polar surface area (TPSA) is 82.4 Å². The van der Waals surface area contributed by atoms with Gasteiger partial charge in [0, 0.05) is 13.0 Å². The molecule has 1 N–H and O–H groups in total. The molecule has 0 radical (unpaired) electrons. The molecule has 1 amide bonds. The van der Waals surface area contributed by atoms with E-state index in [0.29, 0.717) is 24.2 Å². The molecule has 0 fully saturated rings. The van der Waals surface area contributed by atoms with Gasteiger partial charge in [0.15, 0.2) is 0 Å². The van der Waals surface area contributed by atoms with Crippen LogP contribution in [-0.4, -0.2) is 27.2 Å². The van der Waals surface area contributed by atoms with Crippen LogP contribution in [0.3, 0.4) is 0 Å². The van der Waals surface area contributed by atoms with Gasteiger partial charge < -0.3 is 14.0 Å². The van der Waals surface area contributed by atoms with Gasteiger partial charge in [-0.3, -0.25) is 10.1 Å². The highest BCUT2D eigenvalue weighted by molar-refractivity contribution is 5.99. The molecule has 1 heterocycles. The maximum Gasteiger partial charge on any atom is 0.412 e. The van der Waals surface area contributed by atoms with Gasteiger partial charge in [0.05, 0.1) is 17.6 Å². The molecule has 40 heavy (non-hydrogen) atoms. The number of aryl methyl sites for hydroxylation is 1. The highest BCUT2D eigenvalue weighted by atomic mass is 16.6. The molecule has 0 aliphatic rings. The summed E-state index contributed by atoms with van der Waals surface area (Å²) in [7, 11) is 0. The first kappa shape index (κ1) is 28.9. The molecule has 4 rings (SSSR count). The van der Waals surface area contributed by atoms with E-state index in [9.17, 15) is 9.59 Å². The molecule has 0 bridgehead atoms. The predicted octanol–water partition coefficient (Wildman–Crippen LogP) is 7.41. The number of hydrogen-bond donors (Lipinski definition) is 1. The van der Waals surface area contributed by atoms with Crippen molar-refractivity contribution < 1.29 is 19.1 Å². The second-order valence-electron chi connectivity index (χ2n) is 12.0. The maximum atomic E-state index is 12.9. The summed E-state index contributed by atoms with van der Waals surface area (Å²) < 4.78 is 13.2. The molecule has 0 unspecified atom stereocenters. The minimum absolute atomic E-state index is 0.186. The molecule has 0 saturated carbocycles. The molecule has 3 aromatic carbocycles. The van der Waals surface area contributed by atoms with Gasteiger partial charge in [-0.1, -0.05) is 87.5 Å². The Morgan fingerprint density at radius 2 is 1.48 bits per heavy atom. The molecule has 0 aliphatic carbocycles. The molecule has 0 saturated heterocycles. The summed E-state index contributed by atoms with van der Waals surface area (Å²) in [5.41, 5.74) is 4.26. The molecule has 4 aromatic rings. The van der Waals surface area contributed by atoms with E-state index < -0.39 is 11.7 Å². The molecular formula is C33H39N3O4. The minimum Gasteiger partial charge on any atom is -0.461 e. The van der Waals surface area contributed by atoms with Crippen molar-refractivity contribution in [1.82, 2.24) is 9.55 Å². The van der Waals surface area contributed by atoms with Crippen LogP contribution in [0.1, 0.15) is 70.5 Å². The van der Waals surface area contributed by atoms with Gasteiger partial charge >= 0.3 is 12.1 Å². The standard InChI is InChI=1S/C33H39N3O4/c1-32(2,3)25-17-18-26-30(29(25)35-31(38)40-33(4,5)6)34-27(36(26)21-23-13-9-7-10-14-23)19-20-28(37)39-22-24-15-11-8-12-16-24/h7-18H,19-22H2,1-6H3,(H,35,38). The fourth-order valence-electron chi connectivity index (χ4n) is 4.55. The van der Waals surface area contributed by atoms with Crippen molar-refractivity contribution in [2.75, 3.05) is 5.32 Å². The summed E-state index contributed by atoms with van der Waals surface area (Å²) in [5, 5.41) is 3.00. The number of amides is 1. The van der Waals surface area contributed by atoms with E-state index in [4.69, 9.17) is 14.5 Å². The summed E-state index contributed by atoms with van der Waals surface area (Å²) in [6.45, 7) is 12.6. The Bertz CT molecular complexity index is 1460. The molecule has 0 aliphatic heterocycles. The van der Waals surface area contributed by atoms with Crippen LogP contribution in [-0.2, 0) is 39.3 Å². The molecule has 0 spiro atoms. The van der Waals surface area contributed by atoms with Gasteiger partial charge in [0.25, 0.3) is 0 Å². The smallest absolute Gasteiger partial charge is 0.412 e. The number of carbonyl (C=O) groups excluding carboxylic acids is 2. The number of benzene rings is 3. The fourth-order valence-corrected chi connectivity index (χ4v) is 4.55.